The van der Waals surface area contributed by atoms with Crippen LogP contribution in [-0.4, -0.2) is 12.0 Å². The Bertz CT molecular complexity index is 705. The number of nitrogens with zero attached hydrogens (tertiary/aromatic N) is 1. The normalized spacial score (nSPS) is 10.8. The fourth-order valence-electron chi connectivity index (χ4n) is 2.13. The van der Waals surface area contributed by atoms with Crippen molar-refractivity contribution < 1.29 is 0 Å². The minimum Gasteiger partial charge on any atom is -0.397 e. The van der Waals surface area contributed by atoms with Gasteiger partial charge in [0.25, 0.3) is 0 Å². The number of nitrogens with two attached hydrogens (primary N) is 1. The predicted molar refractivity (Wildman–Crippen MR) is 93.4 cm³/mol. The summed E-state index contributed by atoms with van der Waals surface area (Å²) in [4.78, 5) is 4.64. The molecule has 4 heteroatoms. The van der Waals surface area contributed by atoms with Crippen LogP contribution >= 0.6 is 11.6 Å². The number of allylic oxidation sites excluding steroid dienone is 1. The van der Waals surface area contributed by atoms with Crippen LogP contribution in [0.5, 0.6) is 0 Å². The van der Waals surface area contributed by atoms with Crippen LogP contribution in [0.1, 0.15) is 18.2 Å². The van der Waals surface area contributed by atoms with Gasteiger partial charge >= 0.3 is 0 Å². The fraction of sp³-hybridized carbons (Fsp3) is 0.118. The highest BCUT2D eigenvalue weighted by Crippen LogP contribution is 2.30. The Balaban J connectivity index is 2.59. The monoisotopic (exact) mass is 299 g/mol. The molecule has 1 aromatic heterocycles. The zero-order chi connectivity index (χ0) is 15.4. The van der Waals surface area contributed by atoms with Crippen molar-refractivity contribution in [1.82, 2.24) is 4.98 Å². The van der Waals surface area contributed by atoms with Crippen LogP contribution < -0.4 is 11.1 Å². The van der Waals surface area contributed by atoms with Crippen LogP contribution in [0.2, 0.25) is 5.02 Å². The zero-order valence-electron chi connectivity index (χ0n) is 12.2. The van der Waals surface area contributed by atoms with Crippen molar-refractivity contribution in [2.45, 2.75) is 6.92 Å². The Labute approximate surface area is 130 Å². The van der Waals surface area contributed by atoms with Crippen LogP contribution in [0.25, 0.3) is 23.4 Å². The molecule has 0 aliphatic rings. The Morgan fingerprint density at radius 1 is 1.33 bits per heavy atom. The van der Waals surface area contributed by atoms with Crippen LogP contribution in [0, 0.1) is 0 Å². The molecule has 0 bridgehead atoms. The van der Waals surface area contributed by atoms with Crippen molar-refractivity contribution in [3.05, 3.63) is 53.2 Å². The first-order chi connectivity index (χ1) is 10.1. The quantitative estimate of drug-likeness (QED) is 0.804. The second-order valence-corrected chi connectivity index (χ2v) is 4.95. The molecule has 0 aliphatic heterocycles. The lowest BCUT2D eigenvalue weighted by Gasteiger charge is -2.10. The molecule has 3 nitrogen and oxygen atoms in total. The molecule has 2 rings (SSSR count). The van der Waals surface area contributed by atoms with E-state index in [0.29, 0.717) is 10.7 Å². The molecule has 0 aliphatic carbocycles. The molecule has 0 fully saturated rings. The van der Waals surface area contributed by atoms with Crippen molar-refractivity contribution in [1.29, 1.82) is 0 Å². The van der Waals surface area contributed by atoms with Gasteiger partial charge in [-0.1, -0.05) is 36.4 Å². The molecule has 2 aromatic rings. The highest BCUT2D eigenvalue weighted by molar-refractivity contribution is 6.32. The molecule has 3 N–H and O–H groups in total. The lowest BCUT2D eigenvalue weighted by atomic mass is 10.1. The summed E-state index contributed by atoms with van der Waals surface area (Å²) >= 11 is 6.33. The van der Waals surface area contributed by atoms with E-state index in [4.69, 9.17) is 17.3 Å². The highest BCUT2D eigenvalue weighted by Gasteiger charge is 2.09. The van der Waals surface area contributed by atoms with Gasteiger partial charge in [-0.2, -0.15) is 0 Å². The third-order valence-corrected chi connectivity index (χ3v) is 3.50. The molecule has 21 heavy (non-hydrogen) atoms. The maximum absolute atomic E-state index is 6.33. The van der Waals surface area contributed by atoms with Gasteiger partial charge in [-0.15, -0.1) is 0 Å². The molecule has 0 saturated heterocycles. The van der Waals surface area contributed by atoms with Gasteiger partial charge in [0.15, 0.2) is 0 Å². The summed E-state index contributed by atoms with van der Waals surface area (Å²) in [5.74, 6) is 0. The summed E-state index contributed by atoms with van der Waals surface area (Å²) in [5, 5.41) is 3.66. The second-order valence-electron chi connectivity index (χ2n) is 4.54. The smallest absolute Gasteiger partial charge is 0.0725 e. The molecule has 0 spiro atoms. The van der Waals surface area contributed by atoms with Gasteiger partial charge in [0, 0.05) is 18.2 Å². The number of nitrogen functional groups attached to an aromatic ring is 1. The predicted octanol–water partition coefficient (Wildman–Crippen LogP) is 4.70. The molecule has 108 valence electrons. The SMILES string of the molecule is C=Cc1c(Cl)cc(-c2ccc(NC)c(N)c2)nc1/C=C\C. The lowest BCUT2D eigenvalue weighted by molar-refractivity contribution is 1.28. The third kappa shape index (κ3) is 3.09. The van der Waals surface area contributed by atoms with Gasteiger partial charge in [-0.05, 0) is 31.2 Å². The first kappa shape index (κ1) is 15.1. The maximum Gasteiger partial charge on any atom is 0.0725 e. The number of hydrogen-bond acceptors (Lipinski definition) is 3. The van der Waals surface area contributed by atoms with E-state index in [2.05, 4.69) is 16.9 Å². The van der Waals surface area contributed by atoms with Crippen LogP contribution in [0.4, 0.5) is 11.4 Å². The second kappa shape index (κ2) is 6.46. The number of benzene rings is 1. The number of anilines is 2. The number of hydrogen-bond donors (Lipinski definition) is 2. The Morgan fingerprint density at radius 2 is 2.10 bits per heavy atom. The van der Waals surface area contributed by atoms with Crippen molar-refractivity contribution in [2.24, 2.45) is 0 Å². The molecule has 0 unspecified atom stereocenters. The number of rotatable bonds is 4. The van der Waals surface area contributed by atoms with E-state index in [9.17, 15) is 0 Å². The van der Waals surface area contributed by atoms with Gasteiger partial charge in [-0.25, -0.2) is 4.98 Å². The molecule has 1 aromatic carbocycles. The van der Waals surface area contributed by atoms with Crippen LogP contribution in [0.15, 0.2) is 36.9 Å². The molecular weight excluding hydrogens is 282 g/mol. The minimum atomic E-state index is 0.624. The topological polar surface area (TPSA) is 50.9 Å². The van der Waals surface area contributed by atoms with E-state index in [1.165, 1.54) is 0 Å². The summed E-state index contributed by atoms with van der Waals surface area (Å²) in [6.07, 6.45) is 5.55. The fourth-order valence-corrected chi connectivity index (χ4v) is 2.40. The Hall–Kier alpha value is -2.26. The van der Waals surface area contributed by atoms with Crippen LogP contribution in [0.3, 0.4) is 0 Å². The molecule has 0 amide bonds. The zero-order valence-corrected chi connectivity index (χ0v) is 12.9. The van der Waals surface area contributed by atoms with Crippen molar-refractivity contribution in [3.8, 4) is 11.3 Å². The summed E-state index contributed by atoms with van der Waals surface area (Å²) in [6.45, 7) is 5.73. The van der Waals surface area contributed by atoms with Gasteiger partial charge < -0.3 is 11.1 Å². The first-order valence-electron chi connectivity index (χ1n) is 6.64. The van der Waals surface area contributed by atoms with Gasteiger partial charge in [-0.3, -0.25) is 0 Å². The third-order valence-electron chi connectivity index (χ3n) is 3.18. The molecular formula is C17H18ClN3. The lowest BCUT2D eigenvalue weighted by Crippen LogP contribution is -1.97. The van der Waals surface area contributed by atoms with E-state index in [0.717, 1.165) is 28.2 Å². The van der Waals surface area contributed by atoms with Crippen LogP contribution in [-0.2, 0) is 0 Å². The summed E-state index contributed by atoms with van der Waals surface area (Å²) < 4.78 is 0. The largest absolute Gasteiger partial charge is 0.397 e. The minimum absolute atomic E-state index is 0.624. The molecule has 0 saturated carbocycles. The van der Waals surface area contributed by atoms with E-state index < -0.39 is 0 Å². The van der Waals surface area contributed by atoms with E-state index in [1.54, 1.807) is 6.08 Å². The van der Waals surface area contributed by atoms with Crippen molar-refractivity contribution in [3.63, 3.8) is 0 Å². The van der Waals surface area contributed by atoms with E-state index >= 15 is 0 Å². The Kier molecular flexibility index (Phi) is 4.66. The average molecular weight is 300 g/mol. The molecule has 1 heterocycles. The number of pyridine rings is 1. The summed E-state index contributed by atoms with van der Waals surface area (Å²) in [5.41, 5.74) is 10.9. The maximum atomic E-state index is 6.33. The molecule has 0 atom stereocenters. The standard InChI is InChI=1S/C17H18ClN3/c1-4-6-15-12(5-2)13(18)10-17(21-15)11-7-8-16(20-3)14(19)9-11/h4-10,20H,2,19H2,1,3H3/b6-4-. The van der Waals surface area contributed by atoms with Gasteiger partial charge in [0.1, 0.15) is 0 Å². The Morgan fingerprint density at radius 3 is 2.67 bits per heavy atom. The molecule has 0 radical (unpaired) electrons. The van der Waals surface area contributed by atoms with Crippen molar-refractivity contribution in [2.75, 3.05) is 18.1 Å². The van der Waals surface area contributed by atoms with E-state index in [-0.39, 0.29) is 0 Å². The van der Waals surface area contributed by atoms with Gasteiger partial charge in [0.05, 0.1) is 27.8 Å². The van der Waals surface area contributed by atoms with Crippen molar-refractivity contribution >= 4 is 35.1 Å². The average Bonchev–Trinajstić information content (AvgIpc) is 2.47. The number of halogens is 1. The van der Waals surface area contributed by atoms with Gasteiger partial charge in [0.2, 0.25) is 0 Å². The van der Waals surface area contributed by atoms with E-state index in [1.807, 2.05) is 50.4 Å². The first-order valence-corrected chi connectivity index (χ1v) is 7.01. The summed E-state index contributed by atoms with van der Waals surface area (Å²) in [7, 11) is 1.84. The highest BCUT2D eigenvalue weighted by atomic mass is 35.5. The number of nitrogens with one attached hydrogen (secondary N) is 1. The summed E-state index contributed by atoms with van der Waals surface area (Å²) in [6, 6.07) is 7.61. The number of aromatic nitrogens is 1.